The van der Waals surface area contributed by atoms with Crippen LogP contribution in [0.5, 0.6) is 17.2 Å². The van der Waals surface area contributed by atoms with Crippen LogP contribution in [0, 0.1) is 0 Å². The third-order valence-corrected chi connectivity index (χ3v) is 6.11. The Morgan fingerprint density at radius 3 is 2.36 bits per heavy atom. The van der Waals surface area contributed by atoms with Crippen LogP contribution in [0.4, 0.5) is 5.69 Å². The van der Waals surface area contributed by atoms with Gasteiger partial charge in [0.15, 0.2) is 11.5 Å². The summed E-state index contributed by atoms with van der Waals surface area (Å²) >= 11 is 0. The quantitative estimate of drug-likeness (QED) is 0.254. The molecular weight excluding hydrogens is 462 g/mol. The lowest BCUT2D eigenvalue weighted by molar-refractivity contribution is -0.132. The minimum atomic E-state index is -0.979. The van der Waals surface area contributed by atoms with Crippen LogP contribution in [0.25, 0.3) is 5.76 Å². The normalized spacial score (nSPS) is 17.1. The summed E-state index contributed by atoms with van der Waals surface area (Å²) in [5.74, 6) is 0.116. The molecule has 188 valence electrons. The summed E-state index contributed by atoms with van der Waals surface area (Å²) in [6.45, 7) is 6.43. The number of amides is 1. The van der Waals surface area contributed by atoms with E-state index in [0.717, 1.165) is 5.56 Å². The summed E-state index contributed by atoms with van der Waals surface area (Å²) in [5, 5.41) is 11.4. The monoisotopic (exact) mass is 491 g/mol. The van der Waals surface area contributed by atoms with E-state index in [0.29, 0.717) is 40.9 Å². The Kier molecular flexibility index (Phi) is 7.05. The molecule has 8 nitrogen and oxygen atoms in total. The van der Waals surface area contributed by atoms with E-state index < -0.39 is 17.7 Å². The van der Waals surface area contributed by atoms with Crippen molar-refractivity contribution in [1.82, 2.24) is 0 Å². The van der Waals surface area contributed by atoms with Crippen molar-refractivity contribution in [1.29, 1.82) is 0 Å². The second-order valence-electron chi connectivity index (χ2n) is 8.56. The van der Waals surface area contributed by atoms with Crippen molar-refractivity contribution in [2.75, 3.05) is 25.7 Å². The number of hydrogen-bond acceptors (Lipinski definition) is 7. The fraction of sp³-hybridized carbons (Fsp3) is 0.286. The van der Waals surface area contributed by atoms with Crippen LogP contribution in [-0.2, 0) is 9.59 Å². The topological polar surface area (TPSA) is 98.4 Å². The number of benzene rings is 2. The van der Waals surface area contributed by atoms with Crippen molar-refractivity contribution < 1.29 is 33.3 Å². The number of Topliss-reactive ketones (excluding diaryl/α,β-unsaturated/α-hetero) is 1. The van der Waals surface area contributed by atoms with Gasteiger partial charge in [-0.25, -0.2) is 0 Å². The van der Waals surface area contributed by atoms with Crippen LogP contribution in [-0.4, -0.2) is 37.6 Å². The molecule has 0 radical (unpaired) electrons. The van der Waals surface area contributed by atoms with E-state index in [1.54, 1.807) is 48.5 Å². The van der Waals surface area contributed by atoms with Gasteiger partial charge in [0.1, 0.15) is 23.3 Å². The highest BCUT2D eigenvalue weighted by atomic mass is 16.5. The summed E-state index contributed by atoms with van der Waals surface area (Å²) in [4.78, 5) is 28.0. The largest absolute Gasteiger partial charge is 0.507 e. The van der Waals surface area contributed by atoms with Crippen LogP contribution in [0.3, 0.4) is 0 Å². The molecular formula is C28H29NO7. The summed E-state index contributed by atoms with van der Waals surface area (Å²) in [6, 6.07) is 12.5. The standard InChI is InChI=1S/C28H29NO7/c1-6-35-20-11-9-17(14-19(20)16(2)3)26(30)24-25(22-8-7-13-36-22)29(28(32)27(24)31)18-10-12-21(33-4)23(15-18)34-5/h7-16,25,30H,6H2,1-5H3/b26-24-. The first-order valence-corrected chi connectivity index (χ1v) is 11.7. The van der Waals surface area contributed by atoms with Gasteiger partial charge in [-0.05, 0) is 60.9 Å². The molecule has 0 bridgehead atoms. The Balaban J connectivity index is 1.90. The van der Waals surface area contributed by atoms with Gasteiger partial charge in [-0.3, -0.25) is 14.5 Å². The average Bonchev–Trinajstić information content (AvgIpc) is 3.50. The predicted octanol–water partition coefficient (Wildman–Crippen LogP) is 5.45. The maximum absolute atomic E-state index is 13.3. The van der Waals surface area contributed by atoms with Crippen molar-refractivity contribution >= 4 is 23.1 Å². The zero-order valence-corrected chi connectivity index (χ0v) is 20.9. The maximum Gasteiger partial charge on any atom is 0.300 e. The minimum Gasteiger partial charge on any atom is -0.507 e. The number of anilines is 1. The van der Waals surface area contributed by atoms with Crippen LogP contribution < -0.4 is 19.1 Å². The lowest BCUT2D eigenvalue weighted by Gasteiger charge is -2.24. The zero-order chi connectivity index (χ0) is 26.0. The molecule has 0 aliphatic carbocycles. The first-order valence-electron chi connectivity index (χ1n) is 11.7. The molecule has 1 atom stereocenters. The predicted molar refractivity (Wildman–Crippen MR) is 135 cm³/mol. The molecule has 1 amide bonds. The van der Waals surface area contributed by atoms with E-state index in [4.69, 9.17) is 18.6 Å². The summed E-state index contributed by atoms with van der Waals surface area (Å²) in [6.07, 6.45) is 1.46. The fourth-order valence-corrected chi connectivity index (χ4v) is 4.38. The lowest BCUT2D eigenvalue weighted by atomic mass is 9.95. The first kappa shape index (κ1) is 24.9. The van der Waals surface area contributed by atoms with E-state index in [1.807, 2.05) is 20.8 Å². The third-order valence-electron chi connectivity index (χ3n) is 6.11. The minimum absolute atomic E-state index is 0.0661. The molecule has 1 aliphatic rings. The number of carbonyl (C=O) groups is 2. The van der Waals surface area contributed by atoms with Gasteiger partial charge in [0.05, 0.1) is 32.7 Å². The van der Waals surface area contributed by atoms with E-state index in [9.17, 15) is 14.7 Å². The van der Waals surface area contributed by atoms with E-state index in [1.165, 1.54) is 25.4 Å². The number of aliphatic hydroxyl groups is 1. The Morgan fingerprint density at radius 2 is 1.75 bits per heavy atom. The molecule has 2 aromatic carbocycles. The highest BCUT2D eigenvalue weighted by Crippen LogP contribution is 2.44. The smallest absolute Gasteiger partial charge is 0.300 e. The highest BCUT2D eigenvalue weighted by Gasteiger charge is 2.48. The number of nitrogens with zero attached hydrogens (tertiary/aromatic N) is 1. The average molecular weight is 492 g/mol. The number of carbonyl (C=O) groups excluding carboxylic acids is 2. The van der Waals surface area contributed by atoms with Gasteiger partial charge in [0, 0.05) is 17.3 Å². The van der Waals surface area contributed by atoms with Gasteiger partial charge in [-0.2, -0.15) is 0 Å². The van der Waals surface area contributed by atoms with Gasteiger partial charge in [0.25, 0.3) is 11.7 Å². The van der Waals surface area contributed by atoms with E-state index in [-0.39, 0.29) is 17.3 Å². The Hall–Kier alpha value is -4.20. The molecule has 3 aromatic rings. The van der Waals surface area contributed by atoms with Gasteiger partial charge < -0.3 is 23.7 Å². The van der Waals surface area contributed by atoms with Crippen LogP contribution >= 0.6 is 0 Å². The summed E-state index contributed by atoms with van der Waals surface area (Å²) in [7, 11) is 2.99. The van der Waals surface area contributed by atoms with Crippen LogP contribution in [0.2, 0.25) is 0 Å². The molecule has 1 unspecified atom stereocenters. The molecule has 8 heteroatoms. The Morgan fingerprint density at radius 1 is 1.03 bits per heavy atom. The number of methoxy groups -OCH3 is 2. The molecule has 4 rings (SSSR count). The van der Waals surface area contributed by atoms with Gasteiger partial charge in [-0.15, -0.1) is 0 Å². The molecule has 1 fully saturated rings. The fourth-order valence-electron chi connectivity index (χ4n) is 4.38. The first-order chi connectivity index (χ1) is 17.3. The number of ether oxygens (including phenoxy) is 3. The Bertz CT molecular complexity index is 1310. The van der Waals surface area contributed by atoms with Crippen molar-refractivity contribution in [2.45, 2.75) is 32.7 Å². The zero-order valence-electron chi connectivity index (χ0n) is 20.9. The van der Waals surface area contributed by atoms with E-state index >= 15 is 0 Å². The summed E-state index contributed by atoms with van der Waals surface area (Å²) < 4.78 is 22.0. The number of rotatable bonds is 8. The Labute approximate surface area is 209 Å². The van der Waals surface area contributed by atoms with Gasteiger partial charge in [0.2, 0.25) is 0 Å². The van der Waals surface area contributed by atoms with Gasteiger partial charge >= 0.3 is 0 Å². The van der Waals surface area contributed by atoms with Crippen molar-refractivity contribution in [3.8, 4) is 17.2 Å². The van der Waals surface area contributed by atoms with E-state index in [2.05, 4.69) is 0 Å². The molecule has 36 heavy (non-hydrogen) atoms. The number of aliphatic hydroxyl groups excluding tert-OH is 1. The molecule has 0 saturated carbocycles. The molecule has 0 spiro atoms. The molecule has 2 heterocycles. The lowest BCUT2D eigenvalue weighted by Crippen LogP contribution is -2.29. The SMILES string of the molecule is CCOc1ccc(/C(O)=C2/C(=O)C(=O)N(c3ccc(OC)c(OC)c3)C2c2ccco2)cc1C(C)C. The number of furan rings is 1. The molecule has 1 aromatic heterocycles. The highest BCUT2D eigenvalue weighted by molar-refractivity contribution is 6.51. The van der Waals surface area contributed by atoms with Crippen molar-refractivity contribution in [3.05, 3.63) is 77.3 Å². The van der Waals surface area contributed by atoms with Crippen molar-refractivity contribution in [2.24, 2.45) is 0 Å². The molecule has 1 N–H and O–H groups in total. The second kappa shape index (κ2) is 10.2. The summed E-state index contributed by atoms with van der Waals surface area (Å²) in [5.41, 5.74) is 1.61. The second-order valence-corrected chi connectivity index (χ2v) is 8.56. The van der Waals surface area contributed by atoms with Crippen molar-refractivity contribution in [3.63, 3.8) is 0 Å². The molecule has 1 aliphatic heterocycles. The van der Waals surface area contributed by atoms with Crippen LogP contribution in [0.1, 0.15) is 49.6 Å². The number of hydrogen-bond donors (Lipinski definition) is 1. The molecule has 1 saturated heterocycles. The van der Waals surface area contributed by atoms with Gasteiger partial charge in [-0.1, -0.05) is 13.8 Å². The number of ketones is 1. The third kappa shape index (κ3) is 4.30. The van der Waals surface area contributed by atoms with Crippen LogP contribution in [0.15, 0.2) is 64.8 Å². The maximum atomic E-state index is 13.3.